The van der Waals surface area contributed by atoms with E-state index in [1.165, 1.54) is 0 Å². The van der Waals surface area contributed by atoms with Gasteiger partial charge in [-0.1, -0.05) is 27.7 Å². The molecule has 0 unspecified atom stereocenters. The number of hydrogen-bond donors (Lipinski definition) is 2. The molecule has 2 aliphatic heterocycles. The van der Waals surface area contributed by atoms with Crippen molar-refractivity contribution in [2.45, 2.75) is 103 Å². The second-order valence-corrected chi connectivity index (χ2v) is 13.1. The lowest BCUT2D eigenvalue weighted by Gasteiger charge is -2.61. The van der Waals surface area contributed by atoms with Crippen LogP contribution in [0.1, 0.15) is 79.1 Å². The van der Waals surface area contributed by atoms with Gasteiger partial charge in [-0.2, -0.15) is 0 Å². The summed E-state index contributed by atoms with van der Waals surface area (Å²) in [6.45, 7) is 9.79. The molecule has 2 saturated heterocycles. The third-order valence-corrected chi connectivity index (χ3v) is 11.8. The molecule has 0 aromatic heterocycles. The number of aliphatic hydroxyl groups is 2. The first-order valence-corrected chi connectivity index (χ1v) is 13.3. The lowest BCUT2D eigenvalue weighted by atomic mass is 9.43. The second kappa shape index (κ2) is 7.02. The number of fused-ring (bicyclic) bond motifs is 7. The summed E-state index contributed by atoms with van der Waals surface area (Å²) < 4.78 is 13.1. The molecule has 5 nitrogen and oxygen atoms in total. The molecule has 32 heavy (non-hydrogen) atoms. The minimum absolute atomic E-state index is 0.0490. The number of carbonyl (C=O) groups excluding carboxylic acids is 1. The predicted octanol–water partition coefficient (Wildman–Crippen LogP) is 3.94. The molecule has 0 aromatic rings. The van der Waals surface area contributed by atoms with E-state index in [1.807, 2.05) is 0 Å². The molecule has 0 amide bonds. The summed E-state index contributed by atoms with van der Waals surface area (Å²) in [6, 6.07) is 0. The topological polar surface area (TPSA) is 76.0 Å². The number of hydrogen-bond acceptors (Lipinski definition) is 5. The van der Waals surface area contributed by atoms with Gasteiger partial charge in [0.15, 0.2) is 5.79 Å². The molecular formula is C27H42O5. The van der Waals surface area contributed by atoms with Crippen LogP contribution in [0.3, 0.4) is 0 Å². The summed E-state index contributed by atoms with van der Waals surface area (Å²) in [6.07, 6.45) is 6.20. The Labute approximate surface area is 192 Å². The average molecular weight is 447 g/mol. The van der Waals surface area contributed by atoms with Crippen LogP contribution in [0.2, 0.25) is 0 Å². The van der Waals surface area contributed by atoms with Crippen LogP contribution in [-0.2, 0) is 14.3 Å². The van der Waals surface area contributed by atoms with Crippen LogP contribution in [-0.4, -0.2) is 46.7 Å². The maximum atomic E-state index is 14.0. The smallest absolute Gasteiger partial charge is 0.171 e. The molecule has 0 bridgehead atoms. The Kier molecular flexibility index (Phi) is 4.83. The SMILES string of the molecule is C[C@H]1CC[C@@]2(OC1)O[C@H]1C[C@H]3[C@@H]4C[C@@H](O)[C@H]5C[C@@H](O)CC[C@]5(C)[C@H]4CC(=O)[C@]3(C)[C@H]1[C@@H]2C. The van der Waals surface area contributed by atoms with E-state index in [1.54, 1.807) is 0 Å². The number of aliphatic hydroxyl groups excluding tert-OH is 2. The van der Waals surface area contributed by atoms with Gasteiger partial charge in [-0.05, 0) is 73.5 Å². The van der Waals surface area contributed by atoms with E-state index in [0.717, 1.165) is 45.1 Å². The van der Waals surface area contributed by atoms with Crippen LogP contribution in [0, 0.1) is 52.3 Å². The van der Waals surface area contributed by atoms with Crippen molar-refractivity contribution in [1.29, 1.82) is 0 Å². The lowest BCUT2D eigenvalue weighted by Crippen LogP contribution is -2.61. The highest BCUT2D eigenvalue weighted by molar-refractivity contribution is 5.87. The van der Waals surface area contributed by atoms with Crippen molar-refractivity contribution in [1.82, 2.24) is 0 Å². The largest absolute Gasteiger partial charge is 0.393 e. The van der Waals surface area contributed by atoms with Crippen molar-refractivity contribution >= 4 is 5.78 Å². The number of Topliss-reactive ketones (excluding diaryl/α,β-unsaturated/α-hetero) is 1. The minimum atomic E-state index is -0.504. The third-order valence-electron chi connectivity index (χ3n) is 11.8. The zero-order valence-electron chi connectivity index (χ0n) is 20.3. The molecule has 180 valence electrons. The first kappa shape index (κ1) is 22.0. The van der Waals surface area contributed by atoms with Crippen molar-refractivity contribution in [2.75, 3.05) is 6.61 Å². The third kappa shape index (κ3) is 2.69. The van der Waals surface area contributed by atoms with Gasteiger partial charge in [0, 0.05) is 30.1 Å². The second-order valence-electron chi connectivity index (χ2n) is 13.1. The Bertz CT molecular complexity index is 789. The number of carbonyl (C=O) groups is 1. The number of rotatable bonds is 0. The quantitative estimate of drug-likeness (QED) is 0.589. The van der Waals surface area contributed by atoms with Gasteiger partial charge in [0.05, 0.1) is 24.9 Å². The molecular weight excluding hydrogens is 404 g/mol. The van der Waals surface area contributed by atoms with Crippen LogP contribution < -0.4 is 0 Å². The maximum Gasteiger partial charge on any atom is 0.171 e. The van der Waals surface area contributed by atoms with Gasteiger partial charge in [-0.15, -0.1) is 0 Å². The summed E-state index contributed by atoms with van der Waals surface area (Å²) in [5, 5.41) is 21.5. The van der Waals surface area contributed by atoms with E-state index in [4.69, 9.17) is 9.47 Å². The standard InChI is InChI=1S/C27H42O5/c1-14-5-8-27(31-13-14)15(2)24-22(32-27)11-19-17-10-21(29)20-9-16(28)6-7-25(20,3)18(17)12-23(30)26(19,24)4/h14-22,24,28-29H,5-13H2,1-4H3/t14-,15-,16-,17+,18-,19-,20+,21+,22-,24-,25+,26+,27+/m0/s1. The van der Waals surface area contributed by atoms with Crippen LogP contribution >= 0.6 is 0 Å². The Morgan fingerprint density at radius 2 is 1.75 bits per heavy atom. The molecule has 5 heteroatoms. The zero-order chi connectivity index (χ0) is 22.6. The van der Waals surface area contributed by atoms with Crippen molar-refractivity contribution < 1.29 is 24.5 Å². The molecule has 2 heterocycles. The number of ketones is 1. The highest BCUT2D eigenvalue weighted by Gasteiger charge is 2.72. The van der Waals surface area contributed by atoms with Crippen molar-refractivity contribution in [3.8, 4) is 0 Å². The van der Waals surface area contributed by atoms with Crippen molar-refractivity contribution in [3.63, 3.8) is 0 Å². The van der Waals surface area contributed by atoms with E-state index in [-0.39, 0.29) is 52.8 Å². The van der Waals surface area contributed by atoms with Gasteiger partial charge in [-0.25, -0.2) is 0 Å². The highest BCUT2D eigenvalue weighted by atomic mass is 16.7. The van der Waals surface area contributed by atoms with E-state index in [0.29, 0.717) is 36.4 Å². The number of ether oxygens (including phenoxy) is 2. The van der Waals surface area contributed by atoms with Crippen LogP contribution in [0.15, 0.2) is 0 Å². The molecule has 4 aliphatic carbocycles. The summed E-state index contributed by atoms with van der Waals surface area (Å²) in [5.41, 5.74) is -0.426. The maximum absolute atomic E-state index is 14.0. The van der Waals surface area contributed by atoms with Gasteiger partial charge in [0.25, 0.3) is 0 Å². The van der Waals surface area contributed by atoms with Crippen LogP contribution in [0.4, 0.5) is 0 Å². The Morgan fingerprint density at radius 3 is 2.47 bits per heavy atom. The molecule has 6 rings (SSSR count). The fraction of sp³-hybridized carbons (Fsp3) is 0.963. The summed E-state index contributed by atoms with van der Waals surface area (Å²) in [4.78, 5) is 14.0. The monoisotopic (exact) mass is 446 g/mol. The van der Waals surface area contributed by atoms with Crippen molar-refractivity contribution in [2.24, 2.45) is 52.3 Å². The molecule has 4 saturated carbocycles. The molecule has 6 aliphatic rings. The van der Waals surface area contributed by atoms with E-state index >= 15 is 0 Å². The molecule has 2 N–H and O–H groups in total. The van der Waals surface area contributed by atoms with Gasteiger partial charge in [0.1, 0.15) is 5.78 Å². The van der Waals surface area contributed by atoms with Gasteiger partial charge < -0.3 is 19.7 Å². The van der Waals surface area contributed by atoms with E-state index < -0.39 is 5.79 Å². The molecule has 13 atom stereocenters. The Balaban J connectivity index is 1.32. The predicted molar refractivity (Wildman–Crippen MR) is 120 cm³/mol. The summed E-state index contributed by atoms with van der Waals surface area (Å²) in [5.74, 6) is 2.02. The van der Waals surface area contributed by atoms with Gasteiger partial charge in [-0.3, -0.25) is 4.79 Å². The van der Waals surface area contributed by atoms with Crippen LogP contribution in [0.5, 0.6) is 0 Å². The highest BCUT2D eigenvalue weighted by Crippen LogP contribution is 2.70. The fourth-order valence-electron chi connectivity index (χ4n) is 9.97. The lowest BCUT2D eigenvalue weighted by molar-refractivity contribution is -0.273. The molecule has 1 spiro atoms. The molecule has 6 fully saturated rings. The van der Waals surface area contributed by atoms with Crippen molar-refractivity contribution in [3.05, 3.63) is 0 Å². The Hall–Kier alpha value is -0.490. The molecule has 0 radical (unpaired) electrons. The van der Waals surface area contributed by atoms with Gasteiger partial charge in [0.2, 0.25) is 0 Å². The van der Waals surface area contributed by atoms with E-state index in [2.05, 4.69) is 27.7 Å². The van der Waals surface area contributed by atoms with Gasteiger partial charge >= 0.3 is 0 Å². The summed E-state index contributed by atoms with van der Waals surface area (Å²) in [7, 11) is 0. The molecule has 0 aromatic carbocycles. The first-order valence-electron chi connectivity index (χ1n) is 13.3. The van der Waals surface area contributed by atoms with E-state index in [9.17, 15) is 15.0 Å². The zero-order valence-corrected chi connectivity index (χ0v) is 20.3. The van der Waals surface area contributed by atoms with Crippen LogP contribution in [0.25, 0.3) is 0 Å². The Morgan fingerprint density at radius 1 is 0.969 bits per heavy atom. The fourth-order valence-corrected chi connectivity index (χ4v) is 9.97. The average Bonchev–Trinajstić information content (AvgIpc) is 3.19. The minimum Gasteiger partial charge on any atom is -0.393 e. The normalized spacial score (nSPS) is 61.8. The summed E-state index contributed by atoms with van der Waals surface area (Å²) >= 11 is 0. The first-order chi connectivity index (χ1) is 15.1.